The van der Waals surface area contributed by atoms with Crippen LogP contribution in [0.15, 0.2) is 60.5 Å². The van der Waals surface area contributed by atoms with Crippen LogP contribution in [0.3, 0.4) is 0 Å². The quantitative estimate of drug-likeness (QED) is 0.139. The van der Waals surface area contributed by atoms with Gasteiger partial charge in [0.25, 0.3) is 0 Å². The van der Waals surface area contributed by atoms with E-state index < -0.39 is 5.83 Å². The van der Waals surface area contributed by atoms with Gasteiger partial charge in [-0.1, -0.05) is 81.2 Å². The molecule has 2 aliphatic rings. The van der Waals surface area contributed by atoms with Crippen LogP contribution in [0.4, 0.5) is 4.39 Å². The number of nitrogens with zero attached hydrogens (tertiary/aromatic N) is 1. The summed E-state index contributed by atoms with van der Waals surface area (Å²) in [6.07, 6.45) is 22.8. The summed E-state index contributed by atoms with van der Waals surface area (Å²) < 4.78 is 12.9. The molecule has 0 amide bonds. The molecule has 0 N–H and O–H groups in total. The van der Waals surface area contributed by atoms with Crippen molar-refractivity contribution >= 4 is 0 Å². The second-order valence-corrected chi connectivity index (χ2v) is 10.7. The van der Waals surface area contributed by atoms with Crippen molar-refractivity contribution in [2.45, 2.75) is 103 Å². The molecule has 2 saturated carbocycles. The minimum atomic E-state index is -0.720. The van der Waals surface area contributed by atoms with Gasteiger partial charge in [-0.15, -0.1) is 0 Å². The van der Waals surface area contributed by atoms with Crippen LogP contribution < -0.4 is 0 Å². The lowest BCUT2D eigenvalue weighted by Crippen LogP contribution is -2.22. The van der Waals surface area contributed by atoms with E-state index in [0.29, 0.717) is 23.7 Å². The number of rotatable bonds is 11. The minimum Gasteiger partial charge on any atom is -0.195 e. The fraction of sp³-hybridized carbons (Fsp3) is 0.594. The Balaban J connectivity index is 1.38. The van der Waals surface area contributed by atoms with Gasteiger partial charge in [-0.05, 0) is 105 Å². The van der Waals surface area contributed by atoms with Crippen LogP contribution in [-0.4, -0.2) is 0 Å². The summed E-state index contributed by atoms with van der Waals surface area (Å²) in [4.78, 5) is 0. The third-order valence-electron chi connectivity index (χ3n) is 8.30. The maximum Gasteiger partial charge on any atom is 0.199 e. The fourth-order valence-electron chi connectivity index (χ4n) is 6.04. The van der Waals surface area contributed by atoms with Gasteiger partial charge in [-0.2, -0.15) is 9.65 Å². The molecule has 0 atom stereocenters. The van der Waals surface area contributed by atoms with Crippen LogP contribution in [0.25, 0.3) is 0 Å². The standard InChI is InChI=1S/C32H44FN/c1-3-4-5-6-7-9-26-14-18-30(19-15-26)31-22-20-29(21-23-31)25(2)28-16-12-27(13-17-28)10-8-11-32(33)24-34/h8,10-11,14-15,18-19,27-29,31H,2-7,9,12-13,16-17,20-23H2,1H3/b10-8+,32-11-. The van der Waals surface area contributed by atoms with Gasteiger partial charge < -0.3 is 0 Å². The number of hydrogen-bond acceptors (Lipinski definition) is 1. The van der Waals surface area contributed by atoms with Crippen molar-refractivity contribution in [3.8, 4) is 6.07 Å². The van der Waals surface area contributed by atoms with Crippen molar-refractivity contribution in [3.63, 3.8) is 0 Å². The van der Waals surface area contributed by atoms with E-state index in [1.54, 1.807) is 6.08 Å². The Kier molecular flexibility index (Phi) is 11.1. The summed E-state index contributed by atoms with van der Waals surface area (Å²) in [6.45, 7) is 6.84. The number of hydrogen-bond donors (Lipinski definition) is 0. The Morgan fingerprint density at radius 2 is 1.56 bits per heavy atom. The molecule has 0 radical (unpaired) electrons. The maximum atomic E-state index is 12.9. The summed E-state index contributed by atoms with van der Waals surface area (Å²) in [5.41, 5.74) is 4.53. The highest BCUT2D eigenvalue weighted by molar-refractivity contribution is 5.26. The number of nitriles is 1. The Morgan fingerprint density at radius 1 is 0.941 bits per heavy atom. The zero-order valence-electron chi connectivity index (χ0n) is 21.3. The lowest BCUT2D eigenvalue weighted by Gasteiger charge is -2.36. The molecule has 2 aliphatic carbocycles. The normalized spacial score (nSPS) is 25.9. The maximum absolute atomic E-state index is 12.9. The number of benzene rings is 1. The Bertz CT molecular complexity index is 840. The van der Waals surface area contributed by atoms with E-state index >= 15 is 0 Å². The third-order valence-corrected chi connectivity index (χ3v) is 8.30. The smallest absolute Gasteiger partial charge is 0.195 e. The van der Waals surface area contributed by atoms with Gasteiger partial charge in [-0.3, -0.25) is 0 Å². The average Bonchev–Trinajstić information content (AvgIpc) is 2.89. The number of halogens is 1. The van der Waals surface area contributed by atoms with Crippen LogP contribution in [0.2, 0.25) is 0 Å². The van der Waals surface area contributed by atoms with Gasteiger partial charge in [0.2, 0.25) is 0 Å². The van der Waals surface area contributed by atoms with E-state index in [4.69, 9.17) is 5.26 Å². The SMILES string of the molecule is C=C(C1CCC(/C=C/C=C(\F)C#N)CC1)C1CCC(c2ccc(CCCCCCC)cc2)CC1. The highest BCUT2D eigenvalue weighted by atomic mass is 19.1. The fourth-order valence-corrected chi connectivity index (χ4v) is 6.04. The molecular formula is C32H44FN. The topological polar surface area (TPSA) is 23.8 Å². The molecule has 184 valence electrons. The second kappa shape index (κ2) is 14.3. The van der Waals surface area contributed by atoms with E-state index in [9.17, 15) is 4.39 Å². The molecule has 2 fully saturated rings. The molecule has 0 heterocycles. The lowest BCUT2D eigenvalue weighted by molar-refractivity contribution is 0.290. The Morgan fingerprint density at radius 3 is 2.18 bits per heavy atom. The molecule has 1 aromatic carbocycles. The second-order valence-electron chi connectivity index (χ2n) is 10.7. The lowest BCUT2D eigenvalue weighted by atomic mass is 9.70. The van der Waals surface area contributed by atoms with Crippen molar-refractivity contribution in [2.24, 2.45) is 17.8 Å². The van der Waals surface area contributed by atoms with Gasteiger partial charge >= 0.3 is 0 Å². The van der Waals surface area contributed by atoms with E-state index in [2.05, 4.69) is 43.8 Å². The number of allylic oxidation sites excluding steroid dienone is 5. The van der Waals surface area contributed by atoms with E-state index in [-0.39, 0.29) is 0 Å². The molecule has 1 nitrogen and oxygen atoms in total. The van der Waals surface area contributed by atoms with Crippen LogP contribution in [0, 0.1) is 29.1 Å². The number of aryl methyl sites for hydroxylation is 1. The monoisotopic (exact) mass is 461 g/mol. The molecule has 0 unspecified atom stereocenters. The molecule has 0 bridgehead atoms. The zero-order valence-corrected chi connectivity index (χ0v) is 21.3. The highest BCUT2D eigenvalue weighted by Crippen LogP contribution is 2.43. The zero-order chi connectivity index (χ0) is 24.2. The molecule has 0 spiro atoms. The molecule has 0 aliphatic heterocycles. The largest absolute Gasteiger partial charge is 0.199 e. The van der Waals surface area contributed by atoms with Gasteiger partial charge in [0.05, 0.1) is 0 Å². The summed E-state index contributed by atoms with van der Waals surface area (Å²) in [5.74, 6) is 1.83. The summed E-state index contributed by atoms with van der Waals surface area (Å²) in [7, 11) is 0. The molecule has 0 aromatic heterocycles. The first-order chi connectivity index (χ1) is 16.6. The minimum absolute atomic E-state index is 0.502. The predicted octanol–water partition coefficient (Wildman–Crippen LogP) is 9.77. The van der Waals surface area contributed by atoms with Crippen molar-refractivity contribution in [1.82, 2.24) is 0 Å². The molecule has 2 heteroatoms. The highest BCUT2D eigenvalue weighted by Gasteiger charge is 2.29. The van der Waals surface area contributed by atoms with Gasteiger partial charge in [-0.25, -0.2) is 0 Å². The number of unbranched alkanes of at least 4 members (excludes halogenated alkanes) is 4. The van der Waals surface area contributed by atoms with E-state index in [1.807, 2.05) is 0 Å². The first-order valence-electron chi connectivity index (χ1n) is 13.8. The summed E-state index contributed by atoms with van der Waals surface area (Å²) in [5, 5.41) is 8.50. The van der Waals surface area contributed by atoms with Gasteiger partial charge in [0.15, 0.2) is 5.83 Å². The first kappa shape index (κ1) is 26.5. The summed E-state index contributed by atoms with van der Waals surface area (Å²) >= 11 is 0. The van der Waals surface area contributed by atoms with Crippen LogP contribution in [0.5, 0.6) is 0 Å². The molecular weight excluding hydrogens is 417 g/mol. The van der Waals surface area contributed by atoms with Crippen LogP contribution in [0.1, 0.15) is 107 Å². The van der Waals surface area contributed by atoms with Crippen LogP contribution in [-0.2, 0) is 6.42 Å². The first-order valence-corrected chi connectivity index (χ1v) is 13.8. The molecule has 3 rings (SSSR count). The van der Waals surface area contributed by atoms with Crippen molar-refractivity contribution < 1.29 is 4.39 Å². The van der Waals surface area contributed by atoms with E-state index in [0.717, 1.165) is 12.8 Å². The predicted molar refractivity (Wildman–Crippen MR) is 142 cm³/mol. The van der Waals surface area contributed by atoms with Crippen molar-refractivity contribution in [2.75, 3.05) is 0 Å². The molecule has 0 saturated heterocycles. The Hall–Kier alpha value is -2.14. The van der Waals surface area contributed by atoms with Gasteiger partial charge in [0.1, 0.15) is 6.07 Å². The van der Waals surface area contributed by atoms with Gasteiger partial charge in [0, 0.05) is 0 Å². The molecule has 1 aromatic rings. The van der Waals surface area contributed by atoms with Crippen molar-refractivity contribution in [3.05, 3.63) is 71.6 Å². The summed E-state index contributed by atoms with van der Waals surface area (Å²) in [6, 6.07) is 11.1. The molecule has 34 heavy (non-hydrogen) atoms. The Labute approximate surface area is 207 Å². The average molecular weight is 462 g/mol. The van der Waals surface area contributed by atoms with Crippen molar-refractivity contribution in [1.29, 1.82) is 5.26 Å². The third kappa shape index (κ3) is 8.26. The van der Waals surface area contributed by atoms with Crippen LogP contribution >= 0.6 is 0 Å². The van der Waals surface area contributed by atoms with E-state index in [1.165, 1.54) is 106 Å².